The van der Waals surface area contributed by atoms with Gasteiger partial charge in [-0.15, -0.1) is 0 Å². The van der Waals surface area contributed by atoms with Crippen molar-refractivity contribution >= 4 is 30.4 Å². The molecule has 0 amide bonds. The van der Waals surface area contributed by atoms with E-state index >= 15 is 0 Å². The van der Waals surface area contributed by atoms with Crippen molar-refractivity contribution in [2.24, 2.45) is 0 Å². The van der Waals surface area contributed by atoms with Gasteiger partial charge in [-0.2, -0.15) is 0 Å². The summed E-state index contributed by atoms with van der Waals surface area (Å²) in [5.74, 6) is -12.1. The van der Waals surface area contributed by atoms with E-state index in [4.69, 9.17) is 2.51 Å². The van der Waals surface area contributed by atoms with Gasteiger partial charge in [0.1, 0.15) is 0 Å². The topological polar surface area (TPSA) is 43.4 Å². The van der Waals surface area contributed by atoms with Crippen LogP contribution in [-0.2, 0) is 12.6 Å². The van der Waals surface area contributed by atoms with Crippen LogP contribution in [0.4, 0.5) is 22.0 Å². The van der Waals surface area contributed by atoms with E-state index < -0.39 is 64.3 Å². The average Bonchev–Trinajstić information content (AvgIpc) is 2.70. The van der Waals surface area contributed by atoms with E-state index in [1.54, 1.807) is 56.3 Å². The fourth-order valence-corrected chi connectivity index (χ4v) is 10.7. The summed E-state index contributed by atoms with van der Waals surface area (Å²) in [5.41, 5.74) is 2.29. The predicted octanol–water partition coefficient (Wildman–Crippen LogP) is 6.17. The van der Waals surface area contributed by atoms with Crippen molar-refractivity contribution in [1.29, 1.82) is 0 Å². The summed E-state index contributed by atoms with van der Waals surface area (Å²) in [6.07, 6.45) is 0. The Kier molecular flexibility index (Phi) is 6.72. The third-order valence-electron chi connectivity index (χ3n) is 4.25. The zero-order valence-corrected chi connectivity index (χ0v) is 19.4. The van der Waals surface area contributed by atoms with Gasteiger partial charge in [0.25, 0.3) is 0 Å². The van der Waals surface area contributed by atoms with Gasteiger partial charge in [0.05, 0.1) is 0 Å². The van der Waals surface area contributed by atoms with Crippen LogP contribution >= 0.6 is 20.2 Å². The third-order valence-corrected chi connectivity index (χ3v) is 12.4. The molecule has 0 bridgehead atoms. The zero-order valence-electron chi connectivity index (χ0n) is 16.4. The molecule has 3 aromatic rings. The van der Waals surface area contributed by atoms with Crippen molar-refractivity contribution in [3.8, 4) is 0 Å². The fraction of sp³-hybridized carbons (Fsp3) is 0.143. The van der Waals surface area contributed by atoms with Crippen molar-refractivity contribution in [3.63, 3.8) is 0 Å². The first kappa shape index (κ1) is 23.6. The third kappa shape index (κ3) is 4.46. The molecule has 0 radical (unpaired) electrons. The van der Waals surface area contributed by atoms with Crippen LogP contribution in [0.5, 0.6) is 0 Å². The van der Waals surface area contributed by atoms with Crippen molar-refractivity contribution < 1.29 is 32.9 Å². The Bertz CT molecular complexity index is 1210. The molecule has 0 unspecified atom stereocenters. The van der Waals surface area contributed by atoms with Gasteiger partial charge in [-0.3, -0.25) is 0 Å². The predicted molar refractivity (Wildman–Crippen MR) is 113 cm³/mol. The normalized spacial score (nSPS) is 12.2. The first-order chi connectivity index (χ1) is 14.5. The molecule has 0 saturated carbocycles. The molecule has 0 atom stereocenters. The van der Waals surface area contributed by atoms with E-state index in [0.717, 1.165) is 5.56 Å². The Morgan fingerprint density at radius 2 is 1.19 bits per heavy atom. The van der Waals surface area contributed by atoms with Crippen LogP contribution in [-0.4, -0.2) is 8.42 Å². The number of halogens is 6. The molecule has 0 aromatic heterocycles. The molecule has 0 fully saturated rings. The monoisotopic (exact) mass is 570 g/mol. The van der Waals surface area contributed by atoms with Gasteiger partial charge >= 0.3 is 184 Å². The molecule has 3 aromatic carbocycles. The van der Waals surface area contributed by atoms with Crippen LogP contribution < -0.4 is 0 Å². The summed E-state index contributed by atoms with van der Waals surface area (Å²) < 4.78 is 101. The van der Waals surface area contributed by atoms with Gasteiger partial charge in [0.15, 0.2) is 0 Å². The molecule has 0 heterocycles. The van der Waals surface area contributed by atoms with E-state index in [0.29, 0.717) is 18.3 Å². The van der Waals surface area contributed by atoms with Gasteiger partial charge in [-0.1, -0.05) is 0 Å². The van der Waals surface area contributed by atoms with Crippen LogP contribution in [0.25, 0.3) is 0 Å². The molecule has 166 valence electrons. The number of benzene rings is 3. The van der Waals surface area contributed by atoms with Gasteiger partial charge in [-0.25, -0.2) is 0 Å². The minimum absolute atomic E-state index is 0.467. The fourth-order valence-electron chi connectivity index (χ4n) is 3.06. The number of rotatable bonds is 5. The van der Waals surface area contributed by atoms with Crippen LogP contribution in [0.1, 0.15) is 16.7 Å². The summed E-state index contributed by atoms with van der Waals surface area (Å²) in [6.45, 7) is 5.31. The molecule has 3 rings (SSSR count). The van der Waals surface area contributed by atoms with E-state index in [2.05, 4.69) is 0 Å². The van der Waals surface area contributed by atoms with E-state index in [9.17, 15) is 30.4 Å². The molecule has 10 heteroatoms. The van der Waals surface area contributed by atoms with Gasteiger partial charge in [0.2, 0.25) is 0 Å². The summed E-state index contributed by atoms with van der Waals surface area (Å²) in [7, 11) is -5.35. The SMILES string of the molecule is Cc1cc(C)c(I(OS(=O)(=O)c2c(F)c(F)c(F)c(F)c2F)c2ccccc2)c(C)c1. The van der Waals surface area contributed by atoms with Crippen molar-refractivity contribution in [2.45, 2.75) is 25.7 Å². The quantitative estimate of drug-likeness (QED) is 0.160. The van der Waals surface area contributed by atoms with E-state index in [-0.39, 0.29) is 0 Å². The molecule has 0 spiro atoms. The van der Waals surface area contributed by atoms with Crippen molar-refractivity contribution in [1.82, 2.24) is 0 Å². The Morgan fingerprint density at radius 3 is 1.68 bits per heavy atom. The number of hydrogen-bond acceptors (Lipinski definition) is 3. The van der Waals surface area contributed by atoms with Crippen molar-refractivity contribution in [2.75, 3.05) is 0 Å². The molecule has 3 nitrogen and oxygen atoms in total. The zero-order chi connectivity index (χ0) is 23.1. The van der Waals surface area contributed by atoms with Gasteiger partial charge < -0.3 is 0 Å². The van der Waals surface area contributed by atoms with Gasteiger partial charge in [-0.05, 0) is 0 Å². The van der Waals surface area contributed by atoms with Crippen LogP contribution in [0.15, 0.2) is 47.4 Å². The molecule has 0 aliphatic heterocycles. The Labute approximate surface area is 183 Å². The number of aryl methyl sites for hydroxylation is 3. The maximum absolute atomic E-state index is 14.2. The van der Waals surface area contributed by atoms with Crippen LogP contribution in [0.2, 0.25) is 0 Å². The molecule has 0 N–H and O–H groups in total. The second-order valence-electron chi connectivity index (χ2n) is 6.67. The van der Waals surface area contributed by atoms with E-state index in [1.165, 1.54) is 0 Å². The molecule has 0 aliphatic rings. The maximum atomic E-state index is 14.2. The molecule has 31 heavy (non-hydrogen) atoms. The van der Waals surface area contributed by atoms with Crippen molar-refractivity contribution in [3.05, 3.63) is 95.4 Å². The molecular weight excluding hydrogens is 554 g/mol. The van der Waals surface area contributed by atoms with E-state index in [1.807, 2.05) is 6.92 Å². The average molecular weight is 570 g/mol. The minimum atomic E-state index is -5.35. The second kappa shape index (κ2) is 8.83. The first-order valence-corrected chi connectivity index (χ1v) is 13.2. The molecule has 0 aliphatic carbocycles. The first-order valence-electron chi connectivity index (χ1n) is 8.75. The summed E-state index contributed by atoms with van der Waals surface area (Å²) in [5, 5.41) is 0. The Morgan fingerprint density at radius 1 is 0.742 bits per heavy atom. The molecular formula is C21H16F5IO3S. The Balaban J connectivity index is 2.23. The standard InChI is InChI=1S/C21H16F5IO3S/c1-11-9-12(2)20(13(3)10-11)27(14-7-5-4-6-8-14)30-31(28,29)21-18(25)16(23)15(22)17(24)19(21)26/h4-10H,1-3H3. The number of hydrogen-bond donors (Lipinski definition) is 0. The molecule has 0 saturated heterocycles. The summed E-state index contributed by atoms with van der Waals surface area (Å²) in [6, 6.07) is 11.7. The second-order valence-corrected chi connectivity index (χ2v) is 12.9. The summed E-state index contributed by atoms with van der Waals surface area (Å²) >= 11 is -3.42. The Hall–Kier alpha value is -2.05. The van der Waals surface area contributed by atoms with Gasteiger partial charge in [0, 0.05) is 0 Å². The van der Waals surface area contributed by atoms with Crippen LogP contribution in [0.3, 0.4) is 0 Å². The summed E-state index contributed by atoms with van der Waals surface area (Å²) in [4.78, 5) is -2.00. The van der Waals surface area contributed by atoms with Crippen LogP contribution in [0, 0.1) is 57.0 Å².